The zero-order chi connectivity index (χ0) is 10.1. The molecule has 78 valence electrons. The molecular weight excluding hydrogens is 172 g/mol. The Balaban J connectivity index is 2.28. The summed E-state index contributed by atoms with van der Waals surface area (Å²) in [6.45, 7) is 7.88. The van der Waals surface area contributed by atoms with E-state index in [2.05, 4.69) is 42.8 Å². The fourth-order valence-electron chi connectivity index (χ4n) is 2.58. The molecule has 1 aromatic rings. The van der Waals surface area contributed by atoms with Crippen LogP contribution in [0.4, 0.5) is 0 Å². The van der Waals surface area contributed by atoms with Crippen LogP contribution >= 0.6 is 0 Å². The van der Waals surface area contributed by atoms with Crippen molar-refractivity contribution in [3.8, 4) is 0 Å². The topological polar surface area (TPSA) is 17.0 Å². The normalized spacial score (nSPS) is 27.9. The highest BCUT2D eigenvalue weighted by Gasteiger charge is 2.23. The summed E-state index contributed by atoms with van der Waals surface area (Å²) >= 11 is 0. The Bertz CT molecular complexity index is 295. The summed E-state index contributed by atoms with van der Waals surface area (Å²) in [6, 6.07) is 5.69. The van der Waals surface area contributed by atoms with E-state index in [-0.39, 0.29) is 0 Å². The van der Waals surface area contributed by atoms with Gasteiger partial charge in [-0.25, -0.2) is 0 Å². The van der Waals surface area contributed by atoms with E-state index >= 15 is 0 Å². The van der Waals surface area contributed by atoms with E-state index in [4.69, 9.17) is 0 Å². The minimum atomic E-state index is 0.605. The number of aromatic nitrogens is 1. The van der Waals surface area contributed by atoms with Gasteiger partial charge in [-0.05, 0) is 52.3 Å². The Morgan fingerprint density at radius 3 is 2.50 bits per heavy atom. The minimum Gasteiger partial charge on any atom is -0.345 e. The van der Waals surface area contributed by atoms with Gasteiger partial charge in [0.2, 0.25) is 0 Å². The van der Waals surface area contributed by atoms with Crippen LogP contribution in [0.5, 0.6) is 0 Å². The van der Waals surface area contributed by atoms with E-state index < -0.39 is 0 Å². The molecule has 0 aliphatic carbocycles. The average Bonchev–Trinajstić information content (AvgIpc) is 2.48. The number of hydrogen-bond acceptors (Lipinski definition) is 1. The average molecular weight is 192 g/mol. The Morgan fingerprint density at radius 1 is 1.29 bits per heavy atom. The summed E-state index contributed by atoms with van der Waals surface area (Å²) in [5.74, 6) is 0. The van der Waals surface area contributed by atoms with Crippen molar-refractivity contribution in [1.29, 1.82) is 0 Å². The molecule has 0 bridgehead atoms. The lowest BCUT2D eigenvalue weighted by Crippen LogP contribution is -2.40. The first-order chi connectivity index (χ1) is 6.70. The van der Waals surface area contributed by atoms with E-state index in [0.717, 1.165) is 0 Å². The van der Waals surface area contributed by atoms with Crippen LogP contribution < -0.4 is 5.32 Å². The van der Waals surface area contributed by atoms with Gasteiger partial charge >= 0.3 is 0 Å². The number of rotatable bonds is 1. The highest BCUT2D eigenvalue weighted by molar-refractivity contribution is 5.16. The second kappa shape index (κ2) is 3.77. The third-order valence-corrected chi connectivity index (χ3v) is 3.38. The Kier molecular flexibility index (Phi) is 2.64. The lowest BCUT2D eigenvalue weighted by atomic mass is 9.99. The standard InChI is InChI=1S/C12H20N2/c1-9-6-7-10(2)14(9)12-5-4-8-13-11(12)3/h6-7,11-13H,4-5,8H2,1-3H3. The van der Waals surface area contributed by atoms with Gasteiger partial charge in [0.25, 0.3) is 0 Å². The summed E-state index contributed by atoms with van der Waals surface area (Å²) in [5, 5.41) is 3.55. The molecule has 2 atom stereocenters. The molecule has 2 nitrogen and oxygen atoms in total. The number of piperidine rings is 1. The van der Waals surface area contributed by atoms with E-state index in [1.54, 1.807) is 0 Å². The van der Waals surface area contributed by atoms with Gasteiger partial charge in [0.05, 0.1) is 0 Å². The van der Waals surface area contributed by atoms with E-state index in [9.17, 15) is 0 Å². The molecule has 14 heavy (non-hydrogen) atoms. The Labute approximate surface area is 86.3 Å². The van der Waals surface area contributed by atoms with Crippen LogP contribution in [0.15, 0.2) is 12.1 Å². The van der Waals surface area contributed by atoms with Crippen molar-refractivity contribution < 1.29 is 0 Å². The van der Waals surface area contributed by atoms with Crippen LogP contribution in [0, 0.1) is 13.8 Å². The molecule has 2 rings (SSSR count). The first kappa shape index (κ1) is 9.78. The maximum Gasteiger partial charge on any atom is 0.0486 e. The lowest BCUT2D eigenvalue weighted by Gasteiger charge is -2.33. The quantitative estimate of drug-likeness (QED) is 0.723. The number of nitrogens with one attached hydrogen (secondary N) is 1. The van der Waals surface area contributed by atoms with Gasteiger partial charge in [0.15, 0.2) is 0 Å². The Hall–Kier alpha value is -0.760. The lowest BCUT2D eigenvalue weighted by molar-refractivity contribution is 0.290. The summed E-state index contributed by atoms with van der Waals surface area (Å²) in [6.07, 6.45) is 2.61. The SMILES string of the molecule is Cc1ccc(C)n1C1CCCNC1C. The highest BCUT2D eigenvalue weighted by atomic mass is 15.1. The molecule has 1 saturated heterocycles. The van der Waals surface area contributed by atoms with E-state index in [1.807, 2.05) is 0 Å². The van der Waals surface area contributed by atoms with Crippen LogP contribution in [-0.2, 0) is 0 Å². The minimum absolute atomic E-state index is 0.605. The van der Waals surface area contributed by atoms with Gasteiger partial charge < -0.3 is 9.88 Å². The molecule has 2 heterocycles. The van der Waals surface area contributed by atoms with Crippen LogP contribution in [0.2, 0.25) is 0 Å². The maximum absolute atomic E-state index is 3.55. The molecule has 0 radical (unpaired) electrons. The molecule has 1 aliphatic rings. The fourth-order valence-corrected chi connectivity index (χ4v) is 2.58. The van der Waals surface area contributed by atoms with Crippen molar-refractivity contribution in [3.05, 3.63) is 23.5 Å². The van der Waals surface area contributed by atoms with Gasteiger partial charge in [0, 0.05) is 23.5 Å². The maximum atomic E-state index is 3.55. The Morgan fingerprint density at radius 2 is 1.93 bits per heavy atom. The van der Waals surface area contributed by atoms with Gasteiger partial charge in [-0.15, -0.1) is 0 Å². The molecular formula is C12H20N2. The molecule has 0 spiro atoms. The van der Waals surface area contributed by atoms with Crippen molar-refractivity contribution in [2.45, 2.75) is 45.7 Å². The highest BCUT2D eigenvalue weighted by Crippen LogP contribution is 2.25. The van der Waals surface area contributed by atoms with Gasteiger partial charge in [0.1, 0.15) is 0 Å². The molecule has 0 saturated carbocycles. The molecule has 2 unspecified atom stereocenters. The third kappa shape index (κ3) is 1.59. The van der Waals surface area contributed by atoms with Crippen molar-refractivity contribution >= 4 is 0 Å². The van der Waals surface area contributed by atoms with E-state index in [1.165, 1.54) is 30.8 Å². The number of hydrogen-bond donors (Lipinski definition) is 1. The molecule has 1 aliphatic heterocycles. The summed E-state index contributed by atoms with van der Waals surface area (Å²) in [5.41, 5.74) is 2.78. The number of aryl methyl sites for hydroxylation is 2. The summed E-state index contributed by atoms with van der Waals surface area (Å²) < 4.78 is 2.48. The first-order valence-electron chi connectivity index (χ1n) is 5.58. The molecule has 1 fully saturated rings. The van der Waals surface area contributed by atoms with Crippen molar-refractivity contribution in [2.75, 3.05) is 6.54 Å². The van der Waals surface area contributed by atoms with Crippen LogP contribution in [0.1, 0.15) is 37.2 Å². The summed E-state index contributed by atoms with van der Waals surface area (Å²) in [4.78, 5) is 0. The van der Waals surface area contributed by atoms with Gasteiger partial charge in [-0.1, -0.05) is 0 Å². The second-order valence-electron chi connectivity index (χ2n) is 4.44. The smallest absolute Gasteiger partial charge is 0.0486 e. The second-order valence-corrected chi connectivity index (χ2v) is 4.44. The monoisotopic (exact) mass is 192 g/mol. The van der Waals surface area contributed by atoms with E-state index in [0.29, 0.717) is 12.1 Å². The predicted octanol–water partition coefficient (Wildman–Crippen LogP) is 2.42. The van der Waals surface area contributed by atoms with Crippen LogP contribution in [0.25, 0.3) is 0 Å². The summed E-state index contributed by atoms with van der Waals surface area (Å²) in [7, 11) is 0. The van der Waals surface area contributed by atoms with Gasteiger partial charge in [-0.2, -0.15) is 0 Å². The van der Waals surface area contributed by atoms with Crippen molar-refractivity contribution in [2.24, 2.45) is 0 Å². The first-order valence-corrected chi connectivity index (χ1v) is 5.58. The molecule has 0 aromatic carbocycles. The molecule has 2 heteroatoms. The van der Waals surface area contributed by atoms with Crippen molar-refractivity contribution in [1.82, 2.24) is 9.88 Å². The van der Waals surface area contributed by atoms with Gasteiger partial charge in [-0.3, -0.25) is 0 Å². The predicted molar refractivity (Wildman–Crippen MR) is 59.6 cm³/mol. The number of nitrogens with zero attached hydrogens (tertiary/aromatic N) is 1. The zero-order valence-corrected chi connectivity index (χ0v) is 9.38. The fraction of sp³-hybridized carbons (Fsp3) is 0.667. The largest absolute Gasteiger partial charge is 0.345 e. The third-order valence-electron chi connectivity index (χ3n) is 3.38. The van der Waals surface area contributed by atoms with Crippen LogP contribution in [-0.4, -0.2) is 17.2 Å². The zero-order valence-electron chi connectivity index (χ0n) is 9.38. The molecule has 0 amide bonds. The van der Waals surface area contributed by atoms with Crippen molar-refractivity contribution in [3.63, 3.8) is 0 Å². The van der Waals surface area contributed by atoms with Crippen LogP contribution in [0.3, 0.4) is 0 Å². The molecule has 1 aromatic heterocycles. The molecule has 1 N–H and O–H groups in total.